The van der Waals surface area contributed by atoms with Gasteiger partial charge in [-0.2, -0.15) is 0 Å². The summed E-state index contributed by atoms with van der Waals surface area (Å²) in [5.41, 5.74) is 0.212. The number of nitrogens with one attached hydrogen (secondary N) is 3. The Balaban J connectivity index is 1.90. The van der Waals surface area contributed by atoms with Crippen molar-refractivity contribution >= 4 is 37.9 Å². The number of carbonyl (C=O) groups excluding carboxylic acids is 1. The molecular formula is C18H20ClFN6OSi. The lowest BCUT2D eigenvalue weighted by molar-refractivity contribution is 0.102. The number of aromatic nitrogens is 1. The summed E-state index contributed by atoms with van der Waals surface area (Å²) in [6.07, 6.45) is 1.39. The van der Waals surface area contributed by atoms with Crippen molar-refractivity contribution in [2.75, 3.05) is 19.4 Å². The Morgan fingerprint density at radius 2 is 2.21 bits per heavy atom. The lowest BCUT2D eigenvalue weighted by Gasteiger charge is -2.41. The predicted molar refractivity (Wildman–Crippen MR) is 108 cm³/mol. The van der Waals surface area contributed by atoms with E-state index in [0.29, 0.717) is 22.3 Å². The molecule has 1 aromatic heterocycles. The van der Waals surface area contributed by atoms with Crippen LogP contribution in [0.5, 0.6) is 0 Å². The van der Waals surface area contributed by atoms with Gasteiger partial charge in [0.05, 0.1) is 10.6 Å². The van der Waals surface area contributed by atoms with Crippen molar-refractivity contribution in [1.82, 2.24) is 14.9 Å². The van der Waals surface area contributed by atoms with Crippen molar-refractivity contribution in [3.8, 4) is 0 Å². The molecule has 1 fully saturated rings. The second kappa shape index (κ2) is 7.76. The van der Waals surface area contributed by atoms with Crippen molar-refractivity contribution in [3.05, 3.63) is 58.6 Å². The van der Waals surface area contributed by atoms with Crippen LogP contribution >= 0.6 is 11.6 Å². The third kappa shape index (κ3) is 3.95. The highest BCUT2D eigenvalue weighted by Crippen LogP contribution is 2.33. The van der Waals surface area contributed by atoms with E-state index in [0.717, 1.165) is 0 Å². The fourth-order valence-corrected chi connectivity index (χ4v) is 5.11. The summed E-state index contributed by atoms with van der Waals surface area (Å²) in [5, 5.41) is 14.4. The predicted octanol–water partition coefficient (Wildman–Crippen LogP) is 3.20. The van der Waals surface area contributed by atoms with Gasteiger partial charge in [0.1, 0.15) is 11.5 Å². The van der Waals surface area contributed by atoms with Crippen molar-refractivity contribution in [2.45, 2.75) is 18.5 Å². The summed E-state index contributed by atoms with van der Waals surface area (Å²) in [6, 6.07) is 8.05. The van der Waals surface area contributed by atoms with Gasteiger partial charge in [-0.05, 0) is 37.3 Å². The number of hydrogen-bond acceptors (Lipinski definition) is 4. The molecule has 146 valence electrons. The molecule has 0 saturated carbocycles. The summed E-state index contributed by atoms with van der Waals surface area (Å²) in [7, 11) is 2.16. The maximum absolute atomic E-state index is 14.7. The normalized spacial score (nSPS) is 20.8. The number of guanidine groups is 1. The minimum absolute atomic E-state index is 0.201. The summed E-state index contributed by atoms with van der Waals surface area (Å²) in [4.78, 5) is 16.4. The van der Waals surface area contributed by atoms with Crippen molar-refractivity contribution in [2.24, 2.45) is 4.63 Å². The highest BCUT2D eigenvalue weighted by Gasteiger charge is 2.39. The molecule has 2 aromatic rings. The van der Waals surface area contributed by atoms with E-state index >= 15 is 0 Å². The lowest BCUT2D eigenvalue weighted by Crippen LogP contribution is -2.59. The van der Waals surface area contributed by atoms with Crippen LogP contribution in [0.1, 0.15) is 23.0 Å². The molecule has 0 unspecified atom stereocenters. The smallest absolute Gasteiger partial charge is 0.274 e. The molecule has 0 spiro atoms. The average Bonchev–Trinajstić information content (AvgIpc) is 2.66. The van der Waals surface area contributed by atoms with Crippen LogP contribution in [0.3, 0.4) is 0 Å². The number of amides is 1. The van der Waals surface area contributed by atoms with E-state index in [1.807, 2.05) is 14.0 Å². The highest BCUT2D eigenvalue weighted by molar-refractivity contribution is 6.48. The molecule has 28 heavy (non-hydrogen) atoms. The van der Waals surface area contributed by atoms with E-state index < -0.39 is 26.0 Å². The minimum atomic E-state index is -1.37. The molecule has 1 aromatic carbocycles. The van der Waals surface area contributed by atoms with E-state index in [-0.39, 0.29) is 11.7 Å². The Labute approximate surface area is 168 Å². The van der Waals surface area contributed by atoms with Gasteiger partial charge in [0.2, 0.25) is 8.75 Å². The first-order chi connectivity index (χ1) is 13.2. The third-order valence-corrected chi connectivity index (χ3v) is 7.43. The van der Waals surface area contributed by atoms with Crippen molar-refractivity contribution in [3.63, 3.8) is 0 Å². The van der Waals surface area contributed by atoms with E-state index in [9.17, 15) is 9.18 Å². The van der Waals surface area contributed by atoms with Gasteiger partial charge < -0.3 is 19.8 Å². The number of pyridine rings is 1. The summed E-state index contributed by atoms with van der Waals surface area (Å²) < 4.78 is 20.9. The minimum Gasteiger partial charge on any atom is -0.347 e. The Morgan fingerprint density at radius 1 is 1.46 bits per heavy atom. The first-order valence-electron chi connectivity index (χ1n) is 8.52. The van der Waals surface area contributed by atoms with Crippen molar-refractivity contribution in [1.29, 1.82) is 5.41 Å². The standard InChI is InChI=1S/C18H20ClFN6OSi/c1-18(10-28(22-2)26(3)17(21)25-18)13-8-12(5-6-14(13)20)24-16(27)15-7-4-11(19)9-23-15/h4-9H,10H2,1-3H3,(H2,21,25)(H,24,27)/b28-22-/t18-/m0/s1. The fourth-order valence-electron chi connectivity index (χ4n) is 3.08. The molecular weight excluding hydrogens is 399 g/mol. The van der Waals surface area contributed by atoms with Crippen LogP contribution in [-0.4, -0.2) is 44.3 Å². The van der Waals surface area contributed by atoms with Gasteiger partial charge in [-0.1, -0.05) is 11.6 Å². The van der Waals surface area contributed by atoms with Gasteiger partial charge in [0.15, 0.2) is 5.96 Å². The zero-order chi connectivity index (χ0) is 20.5. The lowest BCUT2D eigenvalue weighted by atomic mass is 9.92. The molecule has 1 atom stereocenters. The number of anilines is 1. The quantitative estimate of drug-likeness (QED) is 0.667. The molecule has 2 heterocycles. The molecule has 10 heteroatoms. The Hall–Kier alpha value is -2.65. The van der Waals surface area contributed by atoms with Gasteiger partial charge in [-0.15, -0.1) is 0 Å². The Morgan fingerprint density at radius 3 is 2.86 bits per heavy atom. The van der Waals surface area contributed by atoms with Gasteiger partial charge in [0, 0.05) is 37.6 Å². The third-order valence-electron chi connectivity index (χ3n) is 4.67. The maximum Gasteiger partial charge on any atom is 0.274 e. The molecule has 0 bridgehead atoms. The zero-order valence-electron chi connectivity index (χ0n) is 15.7. The number of nitrogens with zero attached hydrogens (tertiary/aromatic N) is 3. The van der Waals surface area contributed by atoms with Crippen LogP contribution in [-0.2, 0) is 5.54 Å². The fraction of sp³-hybridized carbons (Fsp3) is 0.278. The van der Waals surface area contributed by atoms with Crippen LogP contribution in [0, 0.1) is 11.2 Å². The Kier molecular flexibility index (Phi) is 5.57. The molecule has 7 nitrogen and oxygen atoms in total. The second-order valence-corrected chi connectivity index (χ2v) is 9.43. The topological polar surface area (TPSA) is 93.5 Å². The van der Waals surface area contributed by atoms with Crippen LogP contribution in [0.2, 0.25) is 11.1 Å². The molecule has 1 aliphatic rings. The molecule has 3 rings (SSSR count). The number of hydrogen-bond donors (Lipinski definition) is 3. The number of halogens is 2. The summed E-state index contributed by atoms with van der Waals surface area (Å²) in [5.74, 6) is -0.628. The van der Waals surface area contributed by atoms with Crippen LogP contribution in [0.25, 0.3) is 0 Å². The molecule has 3 N–H and O–H groups in total. The van der Waals surface area contributed by atoms with Gasteiger partial charge in [-0.3, -0.25) is 10.2 Å². The van der Waals surface area contributed by atoms with Crippen molar-refractivity contribution < 1.29 is 9.18 Å². The highest BCUT2D eigenvalue weighted by atomic mass is 35.5. The number of benzene rings is 1. The Bertz CT molecular complexity index is 967. The van der Waals surface area contributed by atoms with Gasteiger partial charge in [0.25, 0.3) is 5.91 Å². The summed E-state index contributed by atoms with van der Waals surface area (Å²) >= 11 is 5.79. The van der Waals surface area contributed by atoms with Crippen LogP contribution in [0.15, 0.2) is 41.2 Å². The second-order valence-electron chi connectivity index (χ2n) is 6.69. The zero-order valence-corrected chi connectivity index (χ0v) is 17.4. The van der Waals surface area contributed by atoms with E-state index in [2.05, 4.69) is 20.3 Å². The molecule has 0 aliphatic carbocycles. The van der Waals surface area contributed by atoms with Gasteiger partial charge >= 0.3 is 0 Å². The van der Waals surface area contributed by atoms with Crippen LogP contribution < -0.4 is 10.6 Å². The average molecular weight is 419 g/mol. The van der Waals surface area contributed by atoms with E-state index in [1.165, 1.54) is 24.4 Å². The largest absolute Gasteiger partial charge is 0.347 e. The molecule has 0 radical (unpaired) electrons. The summed E-state index contributed by atoms with van der Waals surface area (Å²) in [6.45, 7) is 1.84. The SMILES string of the molecule is C/N=[Si]1/C[C@@](C)(c2cc(NC(=O)c3ccc(Cl)cn3)ccc2F)NC(=N)N1C. The molecule has 1 aliphatic heterocycles. The van der Waals surface area contributed by atoms with Gasteiger partial charge in [-0.25, -0.2) is 9.37 Å². The van der Waals surface area contributed by atoms with E-state index in [4.69, 9.17) is 17.0 Å². The first kappa shape index (κ1) is 20.1. The monoisotopic (exact) mass is 418 g/mol. The maximum atomic E-state index is 14.7. The van der Waals surface area contributed by atoms with Crippen LogP contribution in [0.4, 0.5) is 10.1 Å². The van der Waals surface area contributed by atoms with E-state index in [1.54, 1.807) is 23.7 Å². The molecule has 1 saturated heterocycles. The number of carbonyl (C=O) groups is 1. The first-order valence-corrected chi connectivity index (χ1v) is 10.5. The molecule has 1 amide bonds. The number of rotatable bonds is 3.